The molecule has 3 nitrogen and oxygen atoms in total. The van der Waals surface area contributed by atoms with Crippen LogP contribution in [0.1, 0.15) is 18.9 Å². The Kier molecular flexibility index (Phi) is 5.28. The normalized spacial score (nSPS) is 9.20. The monoisotopic (exact) mass is 204 g/mol. The van der Waals surface area contributed by atoms with Crippen LogP contribution in [0.4, 0.5) is 0 Å². The standard InChI is InChI=1S/C12H16N2O/c1-3-4-5-8-13-9-11-6-7-12(15-2)14-10-11/h6-7,10,13H,5,8-9H2,1-2H3. The summed E-state index contributed by atoms with van der Waals surface area (Å²) in [4.78, 5) is 4.12. The molecule has 0 unspecified atom stereocenters. The molecule has 1 rings (SSSR count). The van der Waals surface area contributed by atoms with E-state index in [2.05, 4.69) is 22.1 Å². The maximum absolute atomic E-state index is 4.98. The Morgan fingerprint density at radius 3 is 2.93 bits per heavy atom. The van der Waals surface area contributed by atoms with Crippen molar-refractivity contribution >= 4 is 0 Å². The van der Waals surface area contributed by atoms with Crippen LogP contribution < -0.4 is 10.1 Å². The van der Waals surface area contributed by atoms with E-state index >= 15 is 0 Å². The highest BCUT2D eigenvalue weighted by molar-refractivity contribution is 5.17. The molecule has 80 valence electrons. The van der Waals surface area contributed by atoms with Gasteiger partial charge >= 0.3 is 0 Å². The fourth-order valence-corrected chi connectivity index (χ4v) is 1.14. The first-order valence-electron chi connectivity index (χ1n) is 4.96. The van der Waals surface area contributed by atoms with Crippen LogP contribution in [0, 0.1) is 11.8 Å². The van der Waals surface area contributed by atoms with Crippen LogP contribution in [-0.2, 0) is 6.54 Å². The molecule has 1 heterocycles. The molecule has 0 fully saturated rings. The molecule has 0 atom stereocenters. The van der Waals surface area contributed by atoms with Crippen molar-refractivity contribution in [2.45, 2.75) is 19.9 Å². The molecule has 0 aliphatic carbocycles. The molecule has 0 spiro atoms. The van der Waals surface area contributed by atoms with Crippen LogP contribution in [0.3, 0.4) is 0 Å². The molecule has 1 aromatic heterocycles. The maximum Gasteiger partial charge on any atom is 0.212 e. The van der Waals surface area contributed by atoms with Crippen LogP contribution in [-0.4, -0.2) is 18.6 Å². The Hall–Kier alpha value is -1.53. The quantitative estimate of drug-likeness (QED) is 0.584. The highest BCUT2D eigenvalue weighted by Gasteiger charge is 1.94. The van der Waals surface area contributed by atoms with Gasteiger partial charge < -0.3 is 10.1 Å². The molecule has 0 radical (unpaired) electrons. The average molecular weight is 204 g/mol. The fourth-order valence-electron chi connectivity index (χ4n) is 1.14. The minimum atomic E-state index is 0.649. The van der Waals surface area contributed by atoms with E-state index in [0.29, 0.717) is 5.88 Å². The summed E-state index contributed by atoms with van der Waals surface area (Å²) in [5.74, 6) is 6.52. The van der Waals surface area contributed by atoms with Crippen molar-refractivity contribution in [2.24, 2.45) is 0 Å². The van der Waals surface area contributed by atoms with Crippen LogP contribution in [0.25, 0.3) is 0 Å². The minimum Gasteiger partial charge on any atom is -0.481 e. The van der Waals surface area contributed by atoms with E-state index in [9.17, 15) is 0 Å². The lowest BCUT2D eigenvalue weighted by atomic mass is 10.3. The van der Waals surface area contributed by atoms with Gasteiger partial charge in [0.2, 0.25) is 5.88 Å². The van der Waals surface area contributed by atoms with Gasteiger partial charge in [0.1, 0.15) is 0 Å². The molecular formula is C12H16N2O. The third-order valence-electron chi connectivity index (χ3n) is 1.94. The smallest absolute Gasteiger partial charge is 0.212 e. The second-order valence-corrected chi connectivity index (χ2v) is 3.06. The predicted molar refractivity (Wildman–Crippen MR) is 60.6 cm³/mol. The van der Waals surface area contributed by atoms with Crippen molar-refractivity contribution in [3.63, 3.8) is 0 Å². The van der Waals surface area contributed by atoms with E-state index in [1.165, 1.54) is 0 Å². The third kappa shape index (κ3) is 4.48. The number of ether oxygens (including phenoxy) is 1. The number of hydrogen-bond acceptors (Lipinski definition) is 3. The Morgan fingerprint density at radius 2 is 2.33 bits per heavy atom. The van der Waals surface area contributed by atoms with Gasteiger partial charge in [-0.2, -0.15) is 0 Å². The Bertz CT molecular complexity index is 335. The van der Waals surface area contributed by atoms with Crippen LogP contribution in [0.5, 0.6) is 5.88 Å². The number of pyridine rings is 1. The lowest BCUT2D eigenvalue weighted by molar-refractivity contribution is 0.397. The molecule has 3 heteroatoms. The van der Waals surface area contributed by atoms with Crippen molar-refractivity contribution in [3.8, 4) is 17.7 Å². The first-order chi connectivity index (χ1) is 7.36. The van der Waals surface area contributed by atoms with Gasteiger partial charge in [0, 0.05) is 31.8 Å². The molecule has 0 aliphatic rings. The van der Waals surface area contributed by atoms with E-state index in [1.54, 1.807) is 7.11 Å². The summed E-state index contributed by atoms with van der Waals surface area (Å²) >= 11 is 0. The van der Waals surface area contributed by atoms with Crippen LogP contribution >= 0.6 is 0 Å². The largest absolute Gasteiger partial charge is 0.481 e. The highest BCUT2D eigenvalue weighted by atomic mass is 16.5. The topological polar surface area (TPSA) is 34.1 Å². The van der Waals surface area contributed by atoms with Crippen molar-refractivity contribution < 1.29 is 4.74 Å². The van der Waals surface area contributed by atoms with Crippen molar-refractivity contribution in [2.75, 3.05) is 13.7 Å². The van der Waals surface area contributed by atoms with Crippen molar-refractivity contribution in [1.29, 1.82) is 0 Å². The van der Waals surface area contributed by atoms with Crippen LogP contribution in [0.15, 0.2) is 18.3 Å². The first-order valence-corrected chi connectivity index (χ1v) is 4.96. The summed E-state index contributed by atoms with van der Waals surface area (Å²) in [6.45, 7) is 3.59. The Balaban J connectivity index is 2.27. The van der Waals surface area contributed by atoms with Gasteiger partial charge in [-0.05, 0) is 12.5 Å². The number of rotatable bonds is 5. The Morgan fingerprint density at radius 1 is 1.47 bits per heavy atom. The van der Waals surface area contributed by atoms with Crippen molar-refractivity contribution in [1.82, 2.24) is 10.3 Å². The van der Waals surface area contributed by atoms with E-state index in [4.69, 9.17) is 4.74 Å². The number of hydrogen-bond donors (Lipinski definition) is 1. The number of nitrogens with one attached hydrogen (secondary N) is 1. The van der Waals surface area contributed by atoms with Gasteiger partial charge in [-0.15, -0.1) is 11.8 Å². The summed E-state index contributed by atoms with van der Waals surface area (Å²) < 4.78 is 4.98. The number of methoxy groups -OCH3 is 1. The molecule has 0 amide bonds. The summed E-state index contributed by atoms with van der Waals surface area (Å²) in [5, 5.41) is 3.29. The van der Waals surface area contributed by atoms with Gasteiger partial charge in [-0.1, -0.05) is 6.07 Å². The van der Waals surface area contributed by atoms with E-state index in [0.717, 1.165) is 25.1 Å². The molecule has 15 heavy (non-hydrogen) atoms. The van der Waals surface area contributed by atoms with Crippen LogP contribution in [0.2, 0.25) is 0 Å². The first kappa shape index (κ1) is 11.5. The second kappa shape index (κ2) is 6.86. The molecule has 1 N–H and O–H groups in total. The molecule has 0 bridgehead atoms. The van der Waals surface area contributed by atoms with E-state index in [-0.39, 0.29) is 0 Å². The molecule has 0 aromatic carbocycles. The minimum absolute atomic E-state index is 0.649. The Labute approximate surface area is 90.9 Å². The van der Waals surface area contributed by atoms with Crippen molar-refractivity contribution in [3.05, 3.63) is 23.9 Å². The highest BCUT2D eigenvalue weighted by Crippen LogP contribution is 2.05. The summed E-state index contributed by atoms with van der Waals surface area (Å²) in [6, 6.07) is 3.87. The average Bonchev–Trinajstić information content (AvgIpc) is 2.30. The second-order valence-electron chi connectivity index (χ2n) is 3.06. The SMILES string of the molecule is CC#CCCNCc1ccc(OC)nc1. The lowest BCUT2D eigenvalue weighted by Crippen LogP contribution is -2.14. The van der Waals surface area contributed by atoms with Gasteiger partial charge in [0.25, 0.3) is 0 Å². The maximum atomic E-state index is 4.98. The summed E-state index contributed by atoms with van der Waals surface area (Å²) in [6.07, 6.45) is 2.71. The van der Waals surface area contributed by atoms with Gasteiger partial charge in [0.15, 0.2) is 0 Å². The summed E-state index contributed by atoms with van der Waals surface area (Å²) in [5.41, 5.74) is 1.15. The van der Waals surface area contributed by atoms with Gasteiger partial charge in [0.05, 0.1) is 7.11 Å². The zero-order chi connectivity index (χ0) is 10.9. The zero-order valence-corrected chi connectivity index (χ0v) is 9.21. The fraction of sp³-hybridized carbons (Fsp3) is 0.417. The molecule has 1 aromatic rings. The van der Waals surface area contributed by atoms with Gasteiger partial charge in [-0.25, -0.2) is 4.98 Å². The van der Waals surface area contributed by atoms with Gasteiger partial charge in [-0.3, -0.25) is 0 Å². The van der Waals surface area contributed by atoms with E-state index in [1.807, 2.05) is 25.3 Å². The number of nitrogens with zero attached hydrogens (tertiary/aromatic N) is 1. The molecular weight excluding hydrogens is 188 g/mol. The van der Waals surface area contributed by atoms with E-state index < -0.39 is 0 Å². The predicted octanol–water partition coefficient (Wildman–Crippen LogP) is 1.59. The molecule has 0 saturated carbocycles. The zero-order valence-electron chi connectivity index (χ0n) is 9.21. The summed E-state index contributed by atoms with van der Waals surface area (Å²) in [7, 11) is 1.61. The third-order valence-corrected chi connectivity index (χ3v) is 1.94. The lowest BCUT2D eigenvalue weighted by Gasteiger charge is -2.03. The number of aromatic nitrogens is 1. The molecule has 0 aliphatic heterocycles. The molecule has 0 saturated heterocycles.